The van der Waals surface area contributed by atoms with E-state index >= 15 is 0 Å². The van der Waals surface area contributed by atoms with Crippen LogP contribution in [0.3, 0.4) is 0 Å². The second-order valence-electron chi connectivity index (χ2n) is 6.01. The first kappa shape index (κ1) is 17.6. The molecular formula is C19H14ClFN4OS. The number of amides is 1. The van der Waals surface area contributed by atoms with E-state index in [0.717, 1.165) is 15.2 Å². The van der Waals surface area contributed by atoms with E-state index in [4.69, 9.17) is 11.6 Å². The predicted octanol–water partition coefficient (Wildman–Crippen LogP) is 5.14. The Kier molecular flexibility index (Phi) is 4.41. The number of aryl methyl sites for hydroxylation is 2. The van der Waals surface area contributed by atoms with Gasteiger partial charge in [0.25, 0.3) is 5.91 Å². The Balaban J connectivity index is 1.65. The minimum absolute atomic E-state index is 0.173. The van der Waals surface area contributed by atoms with Crippen molar-refractivity contribution in [3.05, 3.63) is 69.7 Å². The molecule has 136 valence electrons. The zero-order valence-electron chi connectivity index (χ0n) is 14.5. The molecule has 0 aliphatic rings. The first-order valence-electron chi connectivity index (χ1n) is 8.12. The first-order chi connectivity index (χ1) is 12.9. The Hall–Kier alpha value is -2.77. The summed E-state index contributed by atoms with van der Waals surface area (Å²) in [6, 6.07) is 11.3. The van der Waals surface area contributed by atoms with Crippen molar-refractivity contribution in [2.45, 2.75) is 13.8 Å². The van der Waals surface area contributed by atoms with Gasteiger partial charge in [-0.25, -0.2) is 14.1 Å². The molecule has 0 fully saturated rings. The number of rotatable bonds is 3. The molecule has 0 spiro atoms. The number of benzene rings is 2. The van der Waals surface area contributed by atoms with E-state index < -0.39 is 0 Å². The highest BCUT2D eigenvalue weighted by Gasteiger charge is 2.21. The highest BCUT2D eigenvalue weighted by atomic mass is 35.5. The van der Waals surface area contributed by atoms with Gasteiger partial charge in [-0.15, -0.1) is 11.3 Å². The minimum atomic E-state index is -0.356. The molecule has 0 atom stereocenters. The van der Waals surface area contributed by atoms with Crippen LogP contribution in [0.4, 0.5) is 10.1 Å². The molecule has 0 bridgehead atoms. The third-order valence-electron chi connectivity index (χ3n) is 4.06. The lowest BCUT2D eigenvalue weighted by Gasteiger charge is -2.06. The van der Waals surface area contributed by atoms with Crippen molar-refractivity contribution in [1.29, 1.82) is 0 Å². The maximum atomic E-state index is 13.1. The molecule has 27 heavy (non-hydrogen) atoms. The van der Waals surface area contributed by atoms with Crippen LogP contribution in [-0.2, 0) is 0 Å². The zero-order chi connectivity index (χ0) is 19.1. The number of carbonyl (C=O) groups is 1. The fourth-order valence-electron chi connectivity index (χ4n) is 2.82. The number of hydrogen-bond donors (Lipinski definition) is 1. The maximum absolute atomic E-state index is 13.1. The van der Waals surface area contributed by atoms with Crippen LogP contribution >= 0.6 is 22.9 Å². The van der Waals surface area contributed by atoms with Gasteiger partial charge in [0, 0.05) is 5.69 Å². The normalized spacial score (nSPS) is 11.1. The van der Waals surface area contributed by atoms with Gasteiger partial charge >= 0.3 is 0 Å². The van der Waals surface area contributed by atoms with Crippen LogP contribution in [0.1, 0.15) is 21.1 Å². The van der Waals surface area contributed by atoms with Gasteiger partial charge in [0.2, 0.25) is 0 Å². The highest BCUT2D eigenvalue weighted by Crippen LogP contribution is 2.27. The Bertz CT molecular complexity index is 1170. The third-order valence-corrected chi connectivity index (χ3v) is 5.34. The Morgan fingerprint density at radius 2 is 1.93 bits per heavy atom. The quantitative estimate of drug-likeness (QED) is 0.517. The van der Waals surface area contributed by atoms with Gasteiger partial charge in [-0.3, -0.25) is 4.79 Å². The molecule has 0 saturated heterocycles. The molecule has 0 unspecified atom stereocenters. The van der Waals surface area contributed by atoms with E-state index in [-0.39, 0.29) is 22.4 Å². The van der Waals surface area contributed by atoms with Gasteiger partial charge < -0.3 is 5.32 Å². The fourth-order valence-corrected chi connectivity index (χ4v) is 4.05. The van der Waals surface area contributed by atoms with E-state index in [1.54, 1.807) is 36.5 Å². The van der Waals surface area contributed by atoms with E-state index in [1.165, 1.54) is 16.8 Å². The number of halogens is 2. The Morgan fingerprint density at radius 3 is 2.67 bits per heavy atom. The zero-order valence-corrected chi connectivity index (χ0v) is 16.0. The molecule has 4 aromatic rings. The highest BCUT2D eigenvalue weighted by molar-refractivity contribution is 7.18. The molecule has 0 radical (unpaired) electrons. The molecule has 2 aromatic heterocycles. The van der Waals surface area contributed by atoms with Crippen LogP contribution in [0, 0.1) is 19.7 Å². The number of anilines is 1. The number of carbonyl (C=O) groups excluding carboxylic acids is 1. The predicted molar refractivity (Wildman–Crippen MR) is 106 cm³/mol. The summed E-state index contributed by atoms with van der Waals surface area (Å²) in [6.07, 6.45) is 0. The third kappa shape index (κ3) is 3.31. The summed E-state index contributed by atoms with van der Waals surface area (Å²) >= 11 is 7.96. The molecule has 2 aromatic carbocycles. The number of thiazole rings is 1. The molecule has 5 nitrogen and oxygen atoms in total. The van der Waals surface area contributed by atoms with Crippen LogP contribution in [-0.4, -0.2) is 20.7 Å². The van der Waals surface area contributed by atoms with Crippen LogP contribution < -0.4 is 5.32 Å². The van der Waals surface area contributed by atoms with Crippen LogP contribution in [0.15, 0.2) is 42.5 Å². The molecule has 2 heterocycles. The summed E-state index contributed by atoms with van der Waals surface area (Å²) in [4.78, 5) is 17.2. The second kappa shape index (κ2) is 6.75. The van der Waals surface area contributed by atoms with Gasteiger partial charge in [0.15, 0.2) is 0 Å². The summed E-state index contributed by atoms with van der Waals surface area (Å²) < 4.78 is 15.6. The van der Waals surface area contributed by atoms with E-state index in [2.05, 4.69) is 15.4 Å². The van der Waals surface area contributed by atoms with E-state index in [0.29, 0.717) is 17.1 Å². The summed E-state index contributed by atoms with van der Waals surface area (Å²) in [7, 11) is 0. The van der Waals surface area contributed by atoms with Crippen LogP contribution in [0.2, 0.25) is 5.15 Å². The Labute approximate surface area is 163 Å². The van der Waals surface area contributed by atoms with Crippen molar-refractivity contribution in [2.75, 3.05) is 5.32 Å². The average Bonchev–Trinajstić information content (AvgIpc) is 3.13. The van der Waals surface area contributed by atoms with Gasteiger partial charge in [-0.2, -0.15) is 5.10 Å². The number of nitrogens with zero attached hydrogens (tertiary/aromatic N) is 3. The number of nitrogens with one attached hydrogen (secondary N) is 1. The van der Waals surface area contributed by atoms with Gasteiger partial charge in [-0.1, -0.05) is 11.6 Å². The standard InChI is InChI=1S/C19H14ClFN4OS/c1-10-17(18(20)25(24-10)14-6-3-12(21)4-7-14)19(26)23-13-5-8-15-16(9-13)27-11(2)22-15/h3-9H,1-2H3,(H,23,26). The topological polar surface area (TPSA) is 59.8 Å². The molecule has 0 saturated carbocycles. The second-order valence-corrected chi connectivity index (χ2v) is 7.60. The largest absolute Gasteiger partial charge is 0.322 e. The molecule has 0 aliphatic carbocycles. The fraction of sp³-hybridized carbons (Fsp3) is 0.105. The smallest absolute Gasteiger partial charge is 0.260 e. The molecule has 1 N–H and O–H groups in total. The average molecular weight is 401 g/mol. The van der Waals surface area contributed by atoms with Crippen molar-refractivity contribution in [1.82, 2.24) is 14.8 Å². The number of fused-ring (bicyclic) bond motifs is 1. The Morgan fingerprint density at radius 1 is 1.19 bits per heavy atom. The molecule has 1 amide bonds. The van der Waals surface area contributed by atoms with Crippen molar-refractivity contribution in [3.63, 3.8) is 0 Å². The van der Waals surface area contributed by atoms with Gasteiger partial charge in [0.1, 0.15) is 16.5 Å². The lowest BCUT2D eigenvalue weighted by Crippen LogP contribution is -2.13. The van der Waals surface area contributed by atoms with E-state index in [1.807, 2.05) is 19.1 Å². The minimum Gasteiger partial charge on any atom is -0.322 e. The van der Waals surface area contributed by atoms with Crippen molar-refractivity contribution in [2.24, 2.45) is 0 Å². The molecule has 8 heteroatoms. The monoisotopic (exact) mass is 400 g/mol. The summed E-state index contributed by atoms with van der Waals surface area (Å²) in [5.74, 6) is -0.711. The first-order valence-corrected chi connectivity index (χ1v) is 9.31. The summed E-state index contributed by atoms with van der Waals surface area (Å²) in [5.41, 5.74) is 2.89. The van der Waals surface area contributed by atoms with Gasteiger partial charge in [0.05, 0.1) is 26.6 Å². The van der Waals surface area contributed by atoms with Crippen molar-refractivity contribution in [3.8, 4) is 5.69 Å². The maximum Gasteiger partial charge on any atom is 0.260 e. The lowest BCUT2D eigenvalue weighted by molar-refractivity contribution is 0.102. The molecule has 4 rings (SSSR count). The summed E-state index contributed by atoms with van der Waals surface area (Å²) in [5, 5.41) is 8.32. The van der Waals surface area contributed by atoms with Crippen molar-refractivity contribution >= 4 is 44.7 Å². The molecule has 0 aliphatic heterocycles. The van der Waals surface area contributed by atoms with E-state index in [9.17, 15) is 9.18 Å². The van der Waals surface area contributed by atoms with Gasteiger partial charge in [-0.05, 0) is 56.3 Å². The molecular weight excluding hydrogens is 387 g/mol. The van der Waals surface area contributed by atoms with Crippen molar-refractivity contribution < 1.29 is 9.18 Å². The lowest BCUT2D eigenvalue weighted by atomic mass is 10.2. The van der Waals surface area contributed by atoms with Crippen LogP contribution in [0.25, 0.3) is 15.9 Å². The SMILES string of the molecule is Cc1nc2ccc(NC(=O)c3c(C)nn(-c4ccc(F)cc4)c3Cl)cc2s1. The summed E-state index contributed by atoms with van der Waals surface area (Å²) in [6.45, 7) is 3.65. The van der Waals surface area contributed by atoms with Crippen LogP contribution in [0.5, 0.6) is 0 Å². The number of aromatic nitrogens is 3. The number of hydrogen-bond acceptors (Lipinski definition) is 4.